The number of rotatable bonds is 6. The third-order valence-electron chi connectivity index (χ3n) is 3.19. The molecular weight excluding hydrogens is 300 g/mol. The minimum absolute atomic E-state index is 0.198. The molecule has 0 atom stereocenters. The Morgan fingerprint density at radius 1 is 0.955 bits per heavy atom. The van der Waals surface area contributed by atoms with Gasteiger partial charge in [-0.2, -0.15) is 0 Å². The quantitative estimate of drug-likeness (QED) is 0.643. The lowest BCUT2D eigenvalue weighted by Gasteiger charge is -2.09. The Morgan fingerprint density at radius 3 is 2.50 bits per heavy atom. The van der Waals surface area contributed by atoms with Crippen LogP contribution in [-0.2, 0) is 12.3 Å². The lowest BCUT2D eigenvalue weighted by molar-refractivity contribution is 0.322. The molecule has 0 spiro atoms. The summed E-state index contributed by atoms with van der Waals surface area (Å²) in [6.07, 6.45) is 0.839. The first-order chi connectivity index (χ1) is 10.9. The average Bonchev–Trinajstić information content (AvgIpc) is 3.05. The van der Waals surface area contributed by atoms with Crippen molar-refractivity contribution in [2.45, 2.75) is 12.3 Å². The highest BCUT2D eigenvalue weighted by atomic mass is 35.5. The summed E-state index contributed by atoms with van der Waals surface area (Å²) < 4.78 is 11.4. The van der Waals surface area contributed by atoms with Crippen LogP contribution in [0.3, 0.4) is 0 Å². The molecule has 22 heavy (non-hydrogen) atoms. The molecule has 0 aliphatic heterocycles. The molecule has 4 nitrogen and oxygen atoms in total. The van der Waals surface area contributed by atoms with Crippen LogP contribution in [0.5, 0.6) is 5.75 Å². The molecule has 0 saturated heterocycles. The number of ether oxygens (including phenoxy) is 1. The smallest absolute Gasteiger partial charge is 0.251 e. The van der Waals surface area contributed by atoms with Gasteiger partial charge in [0, 0.05) is 6.42 Å². The Labute approximate surface area is 133 Å². The van der Waals surface area contributed by atoms with Gasteiger partial charge in [0.2, 0.25) is 5.89 Å². The van der Waals surface area contributed by atoms with Gasteiger partial charge in [-0.05, 0) is 17.7 Å². The number of halogens is 1. The maximum absolute atomic E-state index is 5.88. The summed E-state index contributed by atoms with van der Waals surface area (Å²) >= 11 is 5.69. The van der Waals surface area contributed by atoms with Crippen molar-refractivity contribution in [3.05, 3.63) is 66.1 Å². The van der Waals surface area contributed by atoms with Gasteiger partial charge in [0.05, 0.1) is 12.2 Å². The Hall–Kier alpha value is -2.33. The third kappa shape index (κ3) is 3.46. The van der Waals surface area contributed by atoms with Crippen molar-refractivity contribution in [1.82, 2.24) is 10.2 Å². The van der Waals surface area contributed by atoms with Crippen molar-refractivity contribution in [3.8, 4) is 17.2 Å². The highest BCUT2D eigenvalue weighted by Crippen LogP contribution is 2.29. The van der Waals surface area contributed by atoms with Crippen LogP contribution in [0.1, 0.15) is 11.5 Å². The average molecular weight is 315 g/mol. The molecule has 3 aromatic rings. The van der Waals surface area contributed by atoms with Crippen LogP contribution >= 0.6 is 11.6 Å². The van der Waals surface area contributed by atoms with Gasteiger partial charge >= 0.3 is 0 Å². The second-order valence-electron chi connectivity index (χ2n) is 4.71. The van der Waals surface area contributed by atoms with E-state index >= 15 is 0 Å². The highest BCUT2D eigenvalue weighted by Gasteiger charge is 2.12. The lowest BCUT2D eigenvalue weighted by Crippen LogP contribution is -2.02. The van der Waals surface area contributed by atoms with E-state index in [4.69, 9.17) is 20.8 Å². The largest absolute Gasteiger partial charge is 0.492 e. The SMILES string of the molecule is ClCc1nnc(-c2ccccc2OCCc2ccccc2)o1. The summed E-state index contributed by atoms with van der Waals surface area (Å²) in [7, 11) is 0. The van der Waals surface area contributed by atoms with Crippen LogP contribution in [0.2, 0.25) is 0 Å². The van der Waals surface area contributed by atoms with Gasteiger partial charge in [0.15, 0.2) is 0 Å². The van der Waals surface area contributed by atoms with Crippen LogP contribution < -0.4 is 4.74 Å². The predicted octanol–water partition coefficient (Wildman–Crippen LogP) is 4.10. The number of hydrogen-bond acceptors (Lipinski definition) is 4. The van der Waals surface area contributed by atoms with Gasteiger partial charge in [-0.1, -0.05) is 42.5 Å². The fraction of sp³-hybridized carbons (Fsp3) is 0.176. The van der Waals surface area contributed by atoms with Gasteiger partial charge in [-0.3, -0.25) is 0 Å². The van der Waals surface area contributed by atoms with Crippen molar-refractivity contribution in [3.63, 3.8) is 0 Å². The minimum atomic E-state index is 0.198. The molecule has 0 N–H and O–H groups in total. The zero-order valence-electron chi connectivity index (χ0n) is 11.9. The van der Waals surface area contributed by atoms with E-state index in [0.29, 0.717) is 18.4 Å². The number of benzene rings is 2. The summed E-state index contributed by atoms with van der Waals surface area (Å²) in [6, 6.07) is 17.8. The zero-order valence-corrected chi connectivity index (χ0v) is 12.7. The molecule has 0 saturated carbocycles. The highest BCUT2D eigenvalue weighted by molar-refractivity contribution is 6.16. The standard InChI is InChI=1S/C17H15ClN2O2/c18-12-16-19-20-17(22-16)14-8-4-5-9-15(14)21-11-10-13-6-2-1-3-7-13/h1-9H,10-12H2. The van der Waals surface area contributed by atoms with Crippen molar-refractivity contribution >= 4 is 11.6 Å². The van der Waals surface area contributed by atoms with E-state index in [9.17, 15) is 0 Å². The summed E-state index contributed by atoms with van der Waals surface area (Å²) in [6.45, 7) is 0.581. The molecule has 0 radical (unpaired) electrons. The van der Waals surface area contributed by atoms with Crippen LogP contribution in [-0.4, -0.2) is 16.8 Å². The van der Waals surface area contributed by atoms with E-state index in [-0.39, 0.29) is 5.88 Å². The molecule has 0 fully saturated rings. The first-order valence-electron chi connectivity index (χ1n) is 7.01. The third-order valence-corrected chi connectivity index (χ3v) is 3.42. The van der Waals surface area contributed by atoms with Crippen LogP contribution in [0, 0.1) is 0 Å². The number of hydrogen-bond donors (Lipinski definition) is 0. The molecule has 0 unspecified atom stereocenters. The summed E-state index contributed by atoms with van der Waals surface area (Å²) in [5.74, 6) is 1.74. The second-order valence-corrected chi connectivity index (χ2v) is 4.98. The monoisotopic (exact) mass is 314 g/mol. The van der Waals surface area contributed by atoms with Crippen molar-refractivity contribution < 1.29 is 9.15 Å². The second kappa shape index (κ2) is 7.09. The van der Waals surface area contributed by atoms with E-state index < -0.39 is 0 Å². The Balaban J connectivity index is 1.71. The molecule has 3 rings (SSSR count). The normalized spacial score (nSPS) is 10.6. The lowest BCUT2D eigenvalue weighted by atomic mass is 10.1. The van der Waals surface area contributed by atoms with Gasteiger partial charge < -0.3 is 9.15 Å². The number of nitrogens with zero attached hydrogens (tertiary/aromatic N) is 2. The Morgan fingerprint density at radius 2 is 1.73 bits per heavy atom. The number of aromatic nitrogens is 2. The summed E-state index contributed by atoms with van der Waals surface area (Å²) in [5, 5.41) is 7.88. The van der Waals surface area contributed by atoms with Crippen molar-refractivity contribution in [1.29, 1.82) is 0 Å². The summed E-state index contributed by atoms with van der Waals surface area (Å²) in [4.78, 5) is 0. The zero-order chi connectivity index (χ0) is 15.2. The molecule has 1 heterocycles. The van der Waals surface area contributed by atoms with Crippen molar-refractivity contribution in [2.75, 3.05) is 6.61 Å². The van der Waals surface area contributed by atoms with Crippen LogP contribution in [0.4, 0.5) is 0 Å². The number of para-hydroxylation sites is 1. The van der Waals surface area contributed by atoms with Crippen LogP contribution in [0.15, 0.2) is 59.0 Å². The fourth-order valence-corrected chi connectivity index (χ4v) is 2.22. The van der Waals surface area contributed by atoms with Gasteiger partial charge in [0.25, 0.3) is 5.89 Å². The first-order valence-corrected chi connectivity index (χ1v) is 7.55. The molecule has 112 valence electrons. The maximum atomic E-state index is 5.88. The molecule has 0 amide bonds. The predicted molar refractivity (Wildman–Crippen MR) is 84.9 cm³/mol. The van der Waals surface area contributed by atoms with E-state index in [1.54, 1.807) is 0 Å². The number of alkyl halides is 1. The van der Waals surface area contributed by atoms with Gasteiger partial charge in [-0.15, -0.1) is 21.8 Å². The fourth-order valence-electron chi connectivity index (χ4n) is 2.11. The Kier molecular flexibility index (Phi) is 4.71. The molecule has 5 heteroatoms. The van der Waals surface area contributed by atoms with E-state index in [1.165, 1.54) is 5.56 Å². The molecular formula is C17H15ClN2O2. The van der Waals surface area contributed by atoms with Crippen molar-refractivity contribution in [2.24, 2.45) is 0 Å². The summed E-state index contributed by atoms with van der Waals surface area (Å²) in [5.41, 5.74) is 2.02. The molecule has 0 bridgehead atoms. The maximum Gasteiger partial charge on any atom is 0.251 e. The topological polar surface area (TPSA) is 48.2 Å². The minimum Gasteiger partial charge on any atom is -0.492 e. The first kappa shape index (κ1) is 14.6. The molecule has 2 aromatic carbocycles. The molecule has 0 aliphatic rings. The van der Waals surface area contributed by atoms with Gasteiger partial charge in [-0.25, -0.2) is 0 Å². The van der Waals surface area contributed by atoms with Crippen LogP contribution in [0.25, 0.3) is 11.5 Å². The van der Waals surface area contributed by atoms with Gasteiger partial charge in [0.1, 0.15) is 11.6 Å². The molecule has 1 aromatic heterocycles. The van der Waals surface area contributed by atoms with E-state index in [1.807, 2.05) is 42.5 Å². The Bertz CT molecular complexity index is 728. The van der Waals surface area contributed by atoms with E-state index in [2.05, 4.69) is 22.3 Å². The molecule has 0 aliphatic carbocycles. The van der Waals surface area contributed by atoms with E-state index in [0.717, 1.165) is 17.7 Å².